The van der Waals surface area contributed by atoms with Gasteiger partial charge in [0.15, 0.2) is 0 Å². The molecule has 1 saturated heterocycles. The number of likely N-dealkylation sites (tertiary alicyclic amines) is 1. The molecule has 4 heteroatoms. The van der Waals surface area contributed by atoms with E-state index < -0.39 is 0 Å². The van der Waals surface area contributed by atoms with Gasteiger partial charge in [-0.1, -0.05) is 19.1 Å². The number of fused-ring (bicyclic) bond motifs is 2. The predicted octanol–water partition coefficient (Wildman–Crippen LogP) is 3.08. The summed E-state index contributed by atoms with van der Waals surface area (Å²) in [5, 5.41) is 1.38. The van der Waals surface area contributed by atoms with E-state index in [4.69, 9.17) is 4.74 Å². The van der Waals surface area contributed by atoms with Crippen molar-refractivity contribution < 1.29 is 9.53 Å². The molecule has 2 aromatic rings. The zero-order valence-corrected chi connectivity index (χ0v) is 13.8. The molecule has 1 aliphatic heterocycles. The standard InChI is InChI=1S/C19H24N2O2/c1-3-7-21-11-13(19(22)23-2)8-15-14-5-4-6-16-18(14)12(10-20-16)9-17(15)21/h4-6,10,13,15,17,20H,3,7-9,11H2,1-2H3/t13-,15?,17-/m1/s1. The maximum absolute atomic E-state index is 12.2. The topological polar surface area (TPSA) is 45.3 Å². The molecular weight excluding hydrogens is 288 g/mol. The van der Waals surface area contributed by atoms with E-state index in [0.29, 0.717) is 12.0 Å². The number of aromatic amines is 1. The Kier molecular flexibility index (Phi) is 3.64. The molecule has 1 aliphatic carbocycles. The normalized spacial score (nSPS) is 27.0. The highest BCUT2D eigenvalue weighted by atomic mass is 16.5. The lowest BCUT2D eigenvalue weighted by Gasteiger charge is -2.46. The van der Waals surface area contributed by atoms with E-state index in [9.17, 15) is 4.79 Å². The predicted molar refractivity (Wildman–Crippen MR) is 90.5 cm³/mol. The van der Waals surface area contributed by atoms with Gasteiger partial charge in [0.05, 0.1) is 13.0 Å². The Balaban J connectivity index is 1.77. The number of carbonyl (C=O) groups excluding carboxylic acids is 1. The van der Waals surface area contributed by atoms with Crippen molar-refractivity contribution in [3.63, 3.8) is 0 Å². The van der Waals surface area contributed by atoms with Gasteiger partial charge >= 0.3 is 5.97 Å². The van der Waals surface area contributed by atoms with Crippen LogP contribution < -0.4 is 0 Å². The summed E-state index contributed by atoms with van der Waals surface area (Å²) in [6, 6.07) is 7.03. The summed E-state index contributed by atoms with van der Waals surface area (Å²) in [5.74, 6) is 0.353. The number of benzene rings is 1. The average molecular weight is 312 g/mol. The van der Waals surface area contributed by atoms with Gasteiger partial charge in [-0.3, -0.25) is 9.69 Å². The van der Waals surface area contributed by atoms with Gasteiger partial charge in [-0.25, -0.2) is 0 Å². The lowest BCUT2D eigenvalue weighted by Crippen LogP contribution is -2.51. The first-order chi connectivity index (χ1) is 11.2. The van der Waals surface area contributed by atoms with Crippen LogP contribution in [0.25, 0.3) is 10.9 Å². The molecule has 1 unspecified atom stereocenters. The zero-order valence-electron chi connectivity index (χ0n) is 13.8. The quantitative estimate of drug-likeness (QED) is 0.886. The highest BCUT2D eigenvalue weighted by Crippen LogP contribution is 2.44. The van der Waals surface area contributed by atoms with Crippen molar-refractivity contribution in [3.05, 3.63) is 35.5 Å². The highest BCUT2D eigenvalue weighted by Gasteiger charge is 2.42. The summed E-state index contributed by atoms with van der Waals surface area (Å²) >= 11 is 0. The molecule has 1 aromatic heterocycles. The van der Waals surface area contributed by atoms with Crippen LogP contribution >= 0.6 is 0 Å². The number of ether oxygens (including phenoxy) is 1. The Morgan fingerprint density at radius 2 is 2.30 bits per heavy atom. The fourth-order valence-corrected chi connectivity index (χ4v) is 4.68. The molecule has 0 saturated carbocycles. The number of aromatic nitrogens is 1. The van der Waals surface area contributed by atoms with Gasteiger partial charge in [0, 0.05) is 35.6 Å². The first-order valence-corrected chi connectivity index (χ1v) is 8.63. The molecule has 122 valence electrons. The summed E-state index contributed by atoms with van der Waals surface area (Å²) in [6.45, 7) is 4.09. The van der Waals surface area contributed by atoms with Gasteiger partial charge in [-0.15, -0.1) is 0 Å². The van der Waals surface area contributed by atoms with Crippen molar-refractivity contribution in [2.45, 2.75) is 38.1 Å². The second-order valence-corrected chi connectivity index (χ2v) is 6.91. The Bertz CT molecular complexity index is 736. The number of piperidine rings is 1. The van der Waals surface area contributed by atoms with E-state index in [0.717, 1.165) is 32.4 Å². The third kappa shape index (κ3) is 2.27. The SMILES string of the molecule is CCCN1C[C@H](C(=O)OC)CC2c3cccc4[nH]cc(c34)C[C@H]21. The summed E-state index contributed by atoms with van der Waals surface area (Å²) in [6.07, 6.45) is 5.26. The van der Waals surface area contributed by atoms with E-state index in [2.05, 4.69) is 41.2 Å². The van der Waals surface area contributed by atoms with Gasteiger partial charge in [0.1, 0.15) is 0 Å². The maximum atomic E-state index is 12.2. The zero-order chi connectivity index (χ0) is 16.0. The molecule has 0 amide bonds. The minimum Gasteiger partial charge on any atom is -0.469 e. The van der Waals surface area contributed by atoms with Gasteiger partial charge in [-0.05, 0) is 43.0 Å². The second kappa shape index (κ2) is 5.68. The Morgan fingerprint density at radius 1 is 1.43 bits per heavy atom. The van der Waals surface area contributed by atoms with E-state index in [1.165, 1.54) is 29.1 Å². The fraction of sp³-hybridized carbons (Fsp3) is 0.526. The fourth-order valence-electron chi connectivity index (χ4n) is 4.68. The number of esters is 1. The number of carbonyl (C=O) groups is 1. The maximum Gasteiger partial charge on any atom is 0.309 e. The molecule has 23 heavy (non-hydrogen) atoms. The van der Waals surface area contributed by atoms with Crippen molar-refractivity contribution in [3.8, 4) is 0 Å². The first-order valence-electron chi connectivity index (χ1n) is 8.63. The van der Waals surface area contributed by atoms with Crippen molar-refractivity contribution in [2.75, 3.05) is 20.2 Å². The number of H-pyrrole nitrogens is 1. The van der Waals surface area contributed by atoms with Crippen LogP contribution in [0.4, 0.5) is 0 Å². The number of rotatable bonds is 3. The average Bonchev–Trinajstić information content (AvgIpc) is 2.99. The Labute approximate surface area is 136 Å². The largest absolute Gasteiger partial charge is 0.469 e. The number of nitrogens with one attached hydrogen (secondary N) is 1. The van der Waals surface area contributed by atoms with Gasteiger partial charge < -0.3 is 9.72 Å². The van der Waals surface area contributed by atoms with Crippen molar-refractivity contribution in [1.82, 2.24) is 9.88 Å². The van der Waals surface area contributed by atoms with Gasteiger partial charge in [0.25, 0.3) is 0 Å². The van der Waals surface area contributed by atoms with Crippen LogP contribution in [0.5, 0.6) is 0 Å². The molecule has 1 aromatic carbocycles. The monoisotopic (exact) mass is 312 g/mol. The van der Waals surface area contributed by atoms with E-state index in [1.54, 1.807) is 0 Å². The molecule has 4 rings (SSSR count). The lowest BCUT2D eigenvalue weighted by atomic mass is 9.72. The van der Waals surface area contributed by atoms with Crippen LogP contribution in [-0.2, 0) is 16.0 Å². The van der Waals surface area contributed by atoms with E-state index >= 15 is 0 Å². The molecule has 4 nitrogen and oxygen atoms in total. The Hall–Kier alpha value is -1.81. The van der Waals surface area contributed by atoms with Crippen LogP contribution in [0.1, 0.15) is 36.8 Å². The molecule has 2 aliphatic rings. The van der Waals surface area contributed by atoms with Crippen LogP contribution in [0.2, 0.25) is 0 Å². The van der Waals surface area contributed by atoms with Crippen molar-refractivity contribution in [1.29, 1.82) is 0 Å². The highest BCUT2D eigenvalue weighted by molar-refractivity contribution is 5.88. The lowest BCUT2D eigenvalue weighted by molar-refractivity contribution is -0.148. The minimum atomic E-state index is -0.0587. The number of hydrogen-bond donors (Lipinski definition) is 1. The molecule has 0 spiro atoms. The first kappa shape index (κ1) is 14.8. The van der Waals surface area contributed by atoms with Gasteiger partial charge in [-0.2, -0.15) is 0 Å². The molecule has 1 N–H and O–H groups in total. The summed E-state index contributed by atoms with van der Waals surface area (Å²) < 4.78 is 5.05. The van der Waals surface area contributed by atoms with Crippen LogP contribution in [0.15, 0.2) is 24.4 Å². The number of nitrogens with zero attached hydrogens (tertiary/aromatic N) is 1. The molecule has 0 bridgehead atoms. The Morgan fingerprint density at radius 3 is 3.09 bits per heavy atom. The second-order valence-electron chi connectivity index (χ2n) is 6.91. The molecule has 3 atom stereocenters. The summed E-state index contributed by atoms with van der Waals surface area (Å²) in [7, 11) is 1.50. The van der Waals surface area contributed by atoms with Crippen molar-refractivity contribution in [2.24, 2.45) is 5.92 Å². The summed E-state index contributed by atoms with van der Waals surface area (Å²) in [4.78, 5) is 18.1. The molecule has 0 radical (unpaired) electrons. The third-order valence-electron chi connectivity index (χ3n) is 5.62. The molecular formula is C19H24N2O2. The van der Waals surface area contributed by atoms with Crippen LogP contribution in [0, 0.1) is 5.92 Å². The number of methoxy groups -OCH3 is 1. The molecule has 1 fully saturated rings. The summed E-state index contributed by atoms with van der Waals surface area (Å²) in [5.41, 5.74) is 4.05. The van der Waals surface area contributed by atoms with Crippen LogP contribution in [-0.4, -0.2) is 42.1 Å². The van der Waals surface area contributed by atoms with Crippen molar-refractivity contribution >= 4 is 16.9 Å². The van der Waals surface area contributed by atoms with Crippen LogP contribution in [0.3, 0.4) is 0 Å². The molecule has 2 heterocycles. The number of hydrogen-bond acceptors (Lipinski definition) is 3. The van der Waals surface area contributed by atoms with E-state index in [1.807, 2.05) is 0 Å². The van der Waals surface area contributed by atoms with E-state index in [-0.39, 0.29) is 11.9 Å². The smallest absolute Gasteiger partial charge is 0.309 e. The third-order valence-corrected chi connectivity index (χ3v) is 5.62. The van der Waals surface area contributed by atoms with Gasteiger partial charge in [0.2, 0.25) is 0 Å². The minimum absolute atomic E-state index is 0.0106.